The molecule has 1 amide bonds. The zero-order valence-corrected chi connectivity index (χ0v) is 13.0. The SMILES string of the molecule is Cc1cc(C)nc(NCCC(=O)NCCc2ccncc2)n1. The van der Waals surface area contributed by atoms with E-state index in [0.717, 1.165) is 23.4 Å². The van der Waals surface area contributed by atoms with Crippen LogP contribution in [-0.2, 0) is 11.2 Å². The standard InChI is InChI=1S/C16H21N5O/c1-12-11-13(2)21-16(20-12)19-10-6-15(22)18-9-5-14-3-7-17-8-4-14/h3-4,7-8,11H,5-6,9-10H2,1-2H3,(H,18,22)(H,19,20,21). The van der Waals surface area contributed by atoms with E-state index in [1.54, 1.807) is 12.4 Å². The molecule has 0 saturated carbocycles. The average molecular weight is 299 g/mol. The minimum atomic E-state index is 0.0194. The first-order valence-electron chi connectivity index (χ1n) is 7.35. The molecule has 0 atom stereocenters. The highest BCUT2D eigenvalue weighted by molar-refractivity contribution is 5.76. The van der Waals surface area contributed by atoms with Gasteiger partial charge in [-0.05, 0) is 44.0 Å². The molecule has 0 bridgehead atoms. The molecule has 0 aliphatic heterocycles. The maximum Gasteiger partial charge on any atom is 0.223 e. The Kier molecular flexibility index (Phi) is 5.82. The number of aromatic nitrogens is 3. The third kappa shape index (κ3) is 5.47. The third-order valence-electron chi connectivity index (χ3n) is 3.10. The molecule has 0 aromatic carbocycles. The van der Waals surface area contributed by atoms with Gasteiger partial charge in [-0.25, -0.2) is 9.97 Å². The summed E-state index contributed by atoms with van der Waals surface area (Å²) >= 11 is 0. The van der Waals surface area contributed by atoms with Crippen LogP contribution in [0.2, 0.25) is 0 Å². The van der Waals surface area contributed by atoms with Crippen LogP contribution in [0.3, 0.4) is 0 Å². The second kappa shape index (κ2) is 8.07. The molecule has 0 aliphatic rings. The Morgan fingerprint density at radius 3 is 2.45 bits per heavy atom. The van der Waals surface area contributed by atoms with Crippen molar-refractivity contribution < 1.29 is 4.79 Å². The molecular formula is C16H21N5O. The zero-order valence-electron chi connectivity index (χ0n) is 13.0. The molecule has 6 heteroatoms. The van der Waals surface area contributed by atoms with Crippen LogP contribution in [0.1, 0.15) is 23.4 Å². The first kappa shape index (κ1) is 15.9. The van der Waals surface area contributed by atoms with Gasteiger partial charge in [0.2, 0.25) is 11.9 Å². The highest BCUT2D eigenvalue weighted by Gasteiger charge is 2.03. The fraction of sp³-hybridized carbons (Fsp3) is 0.375. The van der Waals surface area contributed by atoms with Gasteiger partial charge in [0, 0.05) is 43.3 Å². The van der Waals surface area contributed by atoms with E-state index in [-0.39, 0.29) is 5.91 Å². The Bertz CT molecular complexity index is 595. The first-order valence-corrected chi connectivity index (χ1v) is 7.35. The highest BCUT2D eigenvalue weighted by atomic mass is 16.1. The van der Waals surface area contributed by atoms with Crippen LogP contribution < -0.4 is 10.6 Å². The topological polar surface area (TPSA) is 79.8 Å². The molecule has 2 aromatic rings. The van der Waals surface area contributed by atoms with Crippen molar-refractivity contribution in [3.05, 3.63) is 47.5 Å². The Hall–Kier alpha value is -2.50. The number of carbonyl (C=O) groups is 1. The van der Waals surface area contributed by atoms with E-state index >= 15 is 0 Å². The Morgan fingerprint density at radius 1 is 1.09 bits per heavy atom. The van der Waals surface area contributed by atoms with E-state index in [0.29, 0.717) is 25.5 Å². The summed E-state index contributed by atoms with van der Waals surface area (Å²) in [5.41, 5.74) is 2.99. The molecule has 6 nitrogen and oxygen atoms in total. The van der Waals surface area contributed by atoms with Crippen molar-refractivity contribution in [3.8, 4) is 0 Å². The normalized spacial score (nSPS) is 10.3. The lowest BCUT2D eigenvalue weighted by atomic mass is 10.2. The van der Waals surface area contributed by atoms with Crippen LogP contribution in [0.25, 0.3) is 0 Å². The number of nitrogens with zero attached hydrogens (tertiary/aromatic N) is 3. The molecule has 0 fully saturated rings. The number of amides is 1. The molecule has 2 aromatic heterocycles. The second-order valence-electron chi connectivity index (χ2n) is 5.11. The van der Waals surface area contributed by atoms with Gasteiger partial charge in [-0.2, -0.15) is 0 Å². The van der Waals surface area contributed by atoms with Gasteiger partial charge < -0.3 is 10.6 Å². The fourth-order valence-electron chi connectivity index (χ4n) is 2.08. The summed E-state index contributed by atoms with van der Waals surface area (Å²) in [5, 5.41) is 5.97. The Balaban J connectivity index is 1.65. The van der Waals surface area contributed by atoms with Crippen LogP contribution in [0.15, 0.2) is 30.6 Å². The molecular weight excluding hydrogens is 278 g/mol. The van der Waals surface area contributed by atoms with Crippen LogP contribution in [-0.4, -0.2) is 33.9 Å². The summed E-state index contributed by atoms with van der Waals surface area (Å²) in [6.45, 7) is 4.99. The van der Waals surface area contributed by atoms with Gasteiger partial charge in [0.25, 0.3) is 0 Å². The minimum Gasteiger partial charge on any atom is -0.356 e. The summed E-state index contributed by atoms with van der Waals surface area (Å²) < 4.78 is 0. The van der Waals surface area contributed by atoms with Crippen molar-refractivity contribution in [3.63, 3.8) is 0 Å². The van der Waals surface area contributed by atoms with Crippen LogP contribution in [0.5, 0.6) is 0 Å². The predicted molar refractivity (Wildman–Crippen MR) is 85.6 cm³/mol. The van der Waals surface area contributed by atoms with E-state index in [4.69, 9.17) is 0 Å². The largest absolute Gasteiger partial charge is 0.356 e. The van der Waals surface area contributed by atoms with E-state index in [1.165, 1.54) is 0 Å². The maximum absolute atomic E-state index is 11.8. The summed E-state index contributed by atoms with van der Waals surface area (Å²) in [6.07, 6.45) is 4.71. The smallest absolute Gasteiger partial charge is 0.223 e. The fourth-order valence-corrected chi connectivity index (χ4v) is 2.08. The van der Waals surface area contributed by atoms with Gasteiger partial charge in [-0.1, -0.05) is 0 Å². The molecule has 0 radical (unpaired) electrons. The first-order chi connectivity index (χ1) is 10.6. The van der Waals surface area contributed by atoms with E-state index in [9.17, 15) is 4.79 Å². The van der Waals surface area contributed by atoms with Crippen molar-refractivity contribution in [1.82, 2.24) is 20.3 Å². The van der Waals surface area contributed by atoms with Crippen molar-refractivity contribution in [1.29, 1.82) is 0 Å². The van der Waals surface area contributed by atoms with Crippen LogP contribution in [0, 0.1) is 13.8 Å². The van der Waals surface area contributed by atoms with Crippen LogP contribution >= 0.6 is 0 Å². The van der Waals surface area contributed by atoms with Crippen molar-refractivity contribution in [2.45, 2.75) is 26.7 Å². The quantitative estimate of drug-likeness (QED) is 0.812. The summed E-state index contributed by atoms with van der Waals surface area (Å²) in [4.78, 5) is 24.3. The van der Waals surface area contributed by atoms with Crippen molar-refractivity contribution >= 4 is 11.9 Å². The molecule has 0 spiro atoms. The zero-order chi connectivity index (χ0) is 15.8. The molecule has 2 heterocycles. The number of nitrogens with one attached hydrogen (secondary N) is 2. The lowest BCUT2D eigenvalue weighted by molar-refractivity contribution is -0.120. The van der Waals surface area contributed by atoms with Gasteiger partial charge >= 0.3 is 0 Å². The lowest BCUT2D eigenvalue weighted by Crippen LogP contribution is -2.27. The Morgan fingerprint density at radius 2 is 1.77 bits per heavy atom. The maximum atomic E-state index is 11.8. The van der Waals surface area contributed by atoms with Gasteiger partial charge in [0.05, 0.1) is 0 Å². The van der Waals surface area contributed by atoms with Gasteiger partial charge in [0.1, 0.15) is 0 Å². The van der Waals surface area contributed by atoms with Gasteiger partial charge in [-0.3, -0.25) is 9.78 Å². The summed E-state index contributed by atoms with van der Waals surface area (Å²) in [6, 6.07) is 5.81. The number of rotatable bonds is 7. The third-order valence-corrected chi connectivity index (χ3v) is 3.10. The highest BCUT2D eigenvalue weighted by Crippen LogP contribution is 2.03. The van der Waals surface area contributed by atoms with E-state index in [2.05, 4.69) is 25.6 Å². The lowest BCUT2D eigenvalue weighted by Gasteiger charge is -2.07. The number of aryl methyl sites for hydroxylation is 2. The monoisotopic (exact) mass is 299 g/mol. The molecule has 2 N–H and O–H groups in total. The number of carbonyl (C=O) groups excluding carboxylic acids is 1. The summed E-state index contributed by atoms with van der Waals surface area (Å²) in [5.74, 6) is 0.591. The van der Waals surface area contributed by atoms with Crippen molar-refractivity contribution in [2.24, 2.45) is 0 Å². The van der Waals surface area contributed by atoms with Gasteiger partial charge in [0.15, 0.2) is 0 Å². The molecule has 0 saturated heterocycles. The number of anilines is 1. The number of hydrogen-bond acceptors (Lipinski definition) is 5. The van der Waals surface area contributed by atoms with E-state index < -0.39 is 0 Å². The minimum absolute atomic E-state index is 0.0194. The molecule has 0 aliphatic carbocycles. The second-order valence-corrected chi connectivity index (χ2v) is 5.11. The molecule has 2 rings (SSSR count). The Labute approximate surface area is 130 Å². The molecule has 22 heavy (non-hydrogen) atoms. The number of pyridine rings is 1. The van der Waals surface area contributed by atoms with Gasteiger partial charge in [-0.15, -0.1) is 0 Å². The van der Waals surface area contributed by atoms with Crippen LogP contribution in [0.4, 0.5) is 5.95 Å². The molecule has 116 valence electrons. The average Bonchev–Trinajstić information content (AvgIpc) is 2.47. The van der Waals surface area contributed by atoms with Crippen molar-refractivity contribution in [2.75, 3.05) is 18.4 Å². The predicted octanol–water partition coefficient (Wildman–Crippen LogP) is 1.65. The summed E-state index contributed by atoms with van der Waals surface area (Å²) in [7, 11) is 0. The van der Waals surface area contributed by atoms with E-state index in [1.807, 2.05) is 32.0 Å². The number of hydrogen-bond donors (Lipinski definition) is 2. The molecule has 0 unspecified atom stereocenters.